The van der Waals surface area contributed by atoms with Gasteiger partial charge in [0, 0.05) is 20.3 Å². The second-order valence-electron chi connectivity index (χ2n) is 5.35. The van der Waals surface area contributed by atoms with Gasteiger partial charge < -0.3 is 9.05 Å². The molecule has 0 aliphatic rings. The van der Waals surface area contributed by atoms with E-state index in [0.717, 1.165) is 12.0 Å². The van der Waals surface area contributed by atoms with E-state index in [0.29, 0.717) is 5.92 Å². The Bertz CT molecular complexity index is 428. The maximum atomic E-state index is 12.6. The van der Waals surface area contributed by atoms with Gasteiger partial charge in [0.1, 0.15) is 5.78 Å². The molecule has 0 aliphatic heterocycles. The summed E-state index contributed by atoms with van der Waals surface area (Å²) in [6, 6.07) is 10.2. The standard InChI is InChI=1S/C15H26NO3P/c1-12(2)11-15(20(17,18-4)19-5)16-13(3)14-9-7-6-8-10-14/h6-10,12-13,15-16H,11H2,1-5H3/t13-,15+/m0/s1. The van der Waals surface area contributed by atoms with Gasteiger partial charge in [-0.3, -0.25) is 9.88 Å². The van der Waals surface area contributed by atoms with Gasteiger partial charge in [-0.25, -0.2) is 0 Å². The SMILES string of the molecule is COP(=O)(OC)[C@H](CC(C)C)N[C@@H](C)c1ccccc1. The number of nitrogens with one attached hydrogen (secondary N) is 1. The van der Waals surface area contributed by atoms with Crippen LogP contribution in [0.2, 0.25) is 0 Å². The molecule has 2 atom stereocenters. The lowest BCUT2D eigenvalue weighted by atomic mass is 10.1. The second-order valence-corrected chi connectivity index (χ2v) is 7.78. The molecule has 0 spiro atoms. The van der Waals surface area contributed by atoms with Crippen molar-refractivity contribution in [2.75, 3.05) is 14.2 Å². The summed E-state index contributed by atoms with van der Waals surface area (Å²) in [6.45, 7) is 6.24. The predicted molar refractivity (Wildman–Crippen MR) is 82.9 cm³/mol. The van der Waals surface area contributed by atoms with Crippen molar-refractivity contribution < 1.29 is 13.6 Å². The monoisotopic (exact) mass is 299 g/mol. The van der Waals surface area contributed by atoms with Gasteiger partial charge in [0.25, 0.3) is 0 Å². The van der Waals surface area contributed by atoms with Gasteiger partial charge >= 0.3 is 7.60 Å². The summed E-state index contributed by atoms with van der Waals surface area (Å²) in [5.41, 5.74) is 1.15. The van der Waals surface area contributed by atoms with Crippen LogP contribution in [-0.2, 0) is 13.6 Å². The molecule has 1 aromatic carbocycles. The molecular formula is C15H26NO3P. The first-order valence-corrected chi connectivity index (χ1v) is 8.56. The molecule has 0 heterocycles. The van der Waals surface area contributed by atoms with E-state index in [9.17, 15) is 4.57 Å². The maximum Gasteiger partial charge on any atom is 0.346 e. The zero-order valence-electron chi connectivity index (χ0n) is 13.0. The molecule has 0 bridgehead atoms. The fourth-order valence-corrected chi connectivity index (χ4v) is 3.93. The smallest absolute Gasteiger partial charge is 0.311 e. The summed E-state index contributed by atoms with van der Waals surface area (Å²) < 4.78 is 23.0. The molecule has 0 saturated heterocycles. The normalized spacial score (nSPS) is 15.3. The van der Waals surface area contributed by atoms with Crippen LogP contribution in [0, 0.1) is 5.92 Å². The fourth-order valence-electron chi connectivity index (χ4n) is 2.19. The van der Waals surface area contributed by atoms with Gasteiger partial charge in [0.15, 0.2) is 0 Å². The Morgan fingerprint density at radius 1 is 1.10 bits per heavy atom. The lowest BCUT2D eigenvalue weighted by Gasteiger charge is -2.29. The molecule has 1 rings (SSSR count). The Kier molecular flexibility index (Phi) is 6.90. The minimum atomic E-state index is -3.13. The lowest BCUT2D eigenvalue weighted by molar-refractivity contribution is 0.248. The Morgan fingerprint density at radius 2 is 1.65 bits per heavy atom. The van der Waals surface area contributed by atoms with E-state index in [-0.39, 0.29) is 11.8 Å². The largest absolute Gasteiger partial charge is 0.346 e. The Morgan fingerprint density at radius 3 is 2.10 bits per heavy atom. The molecule has 114 valence electrons. The van der Waals surface area contributed by atoms with Crippen LogP contribution in [0.15, 0.2) is 30.3 Å². The first-order chi connectivity index (χ1) is 9.42. The Balaban J connectivity index is 2.87. The summed E-state index contributed by atoms with van der Waals surface area (Å²) in [6.07, 6.45) is 0.732. The van der Waals surface area contributed by atoms with E-state index < -0.39 is 7.60 Å². The zero-order valence-corrected chi connectivity index (χ0v) is 13.9. The average Bonchev–Trinajstić information content (AvgIpc) is 2.46. The van der Waals surface area contributed by atoms with E-state index in [1.54, 1.807) is 0 Å². The Labute approximate surface area is 122 Å². The van der Waals surface area contributed by atoms with Crippen LogP contribution in [0.5, 0.6) is 0 Å². The quantitative estimate of drug-likeness (QED) is 0.731. The molecule has 1 aromatic rings. The van der Waals surface area contributed by atoms with Crippen LogP contribution in [0.1, 0.15) is 38.8 Å². The molecule has 4 nitrogen and oxygen atoms in total. The highest BCUT2D eigenvalue weighted by atomic mass is 31.2. The third-order valence-electron chi connectivity index (χ3n) is 3.33. The highest BCUT2D eigenvalue weighted by Crippen LogP contribution is 2.52. The molecule has 20 heavy (non-hydrogen) atoms. The van der Waals surface area contributed by atoms with E-state index in [4.69, 9.17) is 9.05 Å². The van der Waals surface area contributed by atoms with E-state index >= 15 is 0 Å². The number of hydrogen-bond donors (Lipinski definition) is 1. The molecule has 1 N–H and O–H groups in total. The van der Waals surface area contributed by atoms with Crippen LogP contribution >= 0.6 is 7.60 Å². The third kappa shape index (κ3) is 4.71. The second kappa shape index (κ2) is 7.94. The predicted octanol–water partition coefficient (Wildman–Crippen LogP) is 4.20. The minimum Gasteiger partial charge on any atom is -0.311 e. The number of hydrogen-bond acceptors (Lipinski definition) is 4. The average molecular weight is 299 g/mol. The van der Waals surface area contributed by atoms with Gasteiger partial charge in [-0.1, -0.05) is 44.2 Å². The third-order valence-corrected chi connectivity index (χ3v) is 5.47. The van der Waals surface area contributed by atoms with E-state index in [1.165, 1.54) is 14.2 Å². The van der Waals surface area contributed by atoms with Crippen molar-refractivity contribution in [1.29, 1.82) is 0 Å². The fraction of sp³-hybridized carbons (Fsp3) is 0.600. The van der Waals surface area contributed by atoms with Gasteiger partial charge in [-0.15, -0.1) is 0 Å². The molecule has 0 aliphatic carbocycles. The highest BCUT2D eigenvalue weighted by molar-refractivity contribution is 7.54. The molecule has 0 radical (unpaired) electrons. The summed E-state index contributed by atoms with van der Waals surface area (Å²) >= 11 is 0. The van der Waals surface area contributed by atoms with Crippen molar-refractivity contribution >= 4 is 7.60 Å². The first kappa shape index (κ1) is 17.4. The minimum absolute atomic E-state index is 0.0820. The van der Waals surface area contributed by atoms with Gasteiger partial charge in [-0.2, -0.15) is 0 Å². The first-order valence-electron chi connectivity index (χ1n) is 6.95. The topological polar surface area (TPSA) is 47.6 Å². The number of rotatable bonds is 8. The summed E-state index contributed by atoms with van der Waals surface area (Å²) in [7, 11) is -0.257. The van der Waals surface area contributed by atoms with Crippen LogP contribution in [0.25, 0.3) is 0 Å². The summed E-state index contributed by atoms with van der Waals surface area (Å²) in [4.78, 5) is 0. The lowest BCUT2D eigenvalue weighted by Crippen LogP contribution is -2.33. The van der Waals surface area contributed by atoms with E-state index in [1.807, 2.05) is 18.2 Å². The molecule has 0 saturated carbocycles. The van der Waals surface area contributed by atoms with Crippen LogP contribution in [0.4, 0.5) is 0 Å². The zero-order chi connectivity index (χ0) is 15.2. The molecule has 0 unspecified atom stereocenters. The molecule has 0 aromatic heterocycles. The maximum absolute atomic E-state index is 12.6. The van der Waals surface area contributed by atoms with Gasteiger partial charge in [-0.05, 0) is 24.8 Å². The highest BCUT2D eigenvalue weighted by Gasteiger charge is 2.35. The molecular weight excluding hydrogens is 273 g/mol. The summed E-state index contributed by atoms with van der Waals surface area (Å²) in [5.74, 6) is 0.0850. The molecule has 0 fully saturated rings. The van der Waals surface area contributed by atoms with Crippen molar-refractivity contribution in [3.8, 4) is 0 Å². The molecule has 0 amide bonds. The van der Waals surface area contributed by atoms with Crippen LogP contribution in [0.3, 0.4) is 0 Å². The van der Waals surface area contributed by atoms with Crippen molar-refractivity contribution in [1.82, 2.24) is 5.32 Å². The van der Waals surface area contributed by atoms with Gasteiger partial charge in [0.2, 0.25) is 0 Å². The van der Waals surface area contributed by atoms with Crippen LogP contribution < -0.4 is 5.32 Å². The number of benzene rings is 1. The summed E-state index contributed by atoms with van der Waals surface area (Å²) in [5, 5.41) is 3.39. The molecule has 5 heteroatoms. The van der Waals surface area contributed by atoms with E-state index in [2.05, 4.69) is 38.2 Å². The Hall–Kier alpha value is -0.670. The van der Waals surface area contributed by atoms with Crippen molar-refractivity contribution in [3.63, 3.8) is 0 Å². The van der Waals surface area contributed by atoms with Crippen LogP contribution in [-0.4, -0.2) is 20.0 Å². The van der Waals surface area contributed by atoms with Crippen molar-refractivity contribution in [2.45, 2.75) is 39.0 Å². The van der Waals surface area contributed by atoms with Crippen molar-refractivity contribution in [2.24, 2.45) is 5.92 Å². The van der Waals surface area contributed by atoms with Gasteiger partial charge in [0.05, 0.1) is 0 Å². The van der Waals surface area contributed by atoms with Crippen molar-refractivity contribution in [3.05, 3.63) is 35.9 Å².